The summed E-state index contributed by atoms with van der Waals surface area (Å²) >= 11 is 15.5. The number of amides is 3. The number of nitrogens with one attached hydrogen (secondary N) is 3. The molecule has 4 aromatic carbocycles. The lowest BCUT2D eigenvalue weighted by Gasteiger charge is -2.17. The molecule has 0 aliphatic rings. The zero-order valence-corrected chi connectivity index (χ0v) is 26.9. The molecule has 0 aliphatic carbocycles. The van der Waals surface area contributed by atoms with Crippen LogP contribution in [0.3, 0.4) is 0 Å². The monoisotopic (exact) mass is 672 g/mol. The third-order valence-corrected chi connectivity index (χ3v) is 9.14. The van der Waals surface area contributed by atoms with Crippen LogP contribution in [0.15, 0.2) is 119 Å². The smallest absolute Gasteiger partial charge is 0.272 e. The van der Waals surface area contributed by atoms with E-state index in [2.05, 4.69) is 20.9 Å². The molecule has 0 spiro atoms. The Morgan fingerprint density at radius 1 is 0.844 bits per heavy atom. The molecular formula is C34H26Cl2N4O3S2. The van der Waals surface area contributed by atoms with Crippen molar-refractivity contribution in [2.24, 2.45) is 0 Å². The Hall–Kier alpha value is -4.41. The van der Waals surface area contributed by atoms with Gasteiger partial charge in [0.1, 0.15) is 10.9 Å². The van der Waals surface area contributed by atoms with Crippen molar-refractivity contribution >= 4 is 80.9 Å². The number of nitrogens with zero attached hydrogens (tertiary/aromatic N) is 1. The van der Waals surface area contributed by atoms with Crippen LogP contribution in [-0.4, -0.2) is 22.7 Å². The van der Waals surface area contributed by atoms with Gasteiger partial charge in [-0.2, -0.15) is 0 Å². The minimum Gasteiger partial charge on any atom is -0.321 e. The third-order valence-electron chi connectivity index (χ3n) is 6.35. The summed E-state index contributed by atoms with van der Waals surface area (Å²) < 4.78 is 0. The molecule has 5 rings (SSSR count). The fraction of sp³-hybridized carbons (Fsp3) is 0.0588. The van der Waals surface area contributed by atoms with E-state index in [9.17, 15) is 14.4 Å². The van der Waals surface area contributed by atoms with Gasteiger partial charge in [-0.05, 0) is 61.0 Å². The molecule has 0 bridgehead atoms. The zero-order valence-electron chi connectivity index (χ0n) is 23.8. The number of halogens is 2. The average molecular weight is 674 g/mol. The lowest BCUT2D eigenvalue weighted by molar-refractivity contribution is -0.116. The predicted molar refractivity (Wildman–Crippen MR) is 184 cm³/mol. The van der Waals surface area contributed by atoms with Gasteiger partial charge >= 0.3 is 0 Å². The van der Waals surface area contributed by atoms with Crippen LogP contribution in [0.5, 0.6) is 0 Å². The average Bonchev–Trinajstić information content (AvgIpc) is 3.46. The van der Waals surface area contributed by atoms with Crippen molar-refractivity contribution in [1.82, 2.24) is 10.3 Å². The van der Waals surface area contributed by atoms with Crippen LogP contribution in [0.2, 0.25) is 10.0 Å². The van der Waals surface area contributed by atoms with Crippen molar-refractivity contribution < 1.29 is 14.4 Å². The van der Waals surface area contributed by atoms with E-state index in [1.54, 1.807) is 66.7 Å². The second-order valence-electron chi connectivity index (χ2n) is 9.69. The first-order valence-electron chi connectivity index (χ1n) is 13.6. The molecule has 226 valence electrons. The minimum atomic E-state index is -0.593. The van der Waals surface area contributed by atoms with Crippen LogP contribution in [0, 0.1) is 6.92 Å². The Morgan fingerprint density at radius 2 is 1.51 bits per heavy atom. The molecule has 1 unspecified atom stereocenters. The van der Waals surface area contributed by atoms with Crippen molar-refractivity contribution in [1.29, 1.82) is 0 Å². The van der Waals surface area contributed by atoms with Crippen LogP contribution in [-0.2, 0) is 9.59 Å². The highest BCUT2D eigenvalue weighted by atomic mass is 35.5. The number of thiazole rings is 1. The van der Waals surface area contributed by atoms with Gasteiger partial charge in [0.2, 0.25) is 5.91 Å². The van der Waals surface area contributed by atoms with E-state index < -0.39 is 17.1 Å². The third kappa shape index (κ3) is 8.61. The van der Waals surface area contributed by atoms with Gasteiger partial charge in [0.15, 0.2) is 5.13 Å². The highest BCUT2D eigenvalue weighted by molar-refractivity contribution is 8.00. The summed E-state index contributed by atoms with van der Waals surface area (Å²) in [6.45, 7) is 1.87. The fourth-order valence-electron chi connectivity index (χ4n) is 4.20. The highest BCUT2D eigenvalue weighted by Gasteiger charge is 2.24. The molecule has 7 nitrogen and oxygen atoms in total. The number of hydrogen-bond acceptors (Lipinski definition) is 6. The van der Waals surface area contributed by atoms with Gasteiger partial charge < -0.3 is 16.0 Å². The summed E-state index contributed by atoms with van der Waals surface area (Å²) in [5.74, 6) is -1.29. The van der Waals surface area contributed by atoms with Gasteiger partial charge in [-0.1, -0.05) is 83.9 Å². The predicted octanol–water partition coefficient (Wildman–Crippen LogP) is 8.64. The van der Waals surface area contributed by atoms with E-state index >= 15 is 0 Å². The first kappa shape index (κ1) is 32.0. The Balaban J connectivity index is 1.39. The Kier molecular flexibility index (Phi) is 10.7. The summed E-state index contributed by atoms with van der Waals surface area (Å²) in [4.78, 5) is 45.2. The van der Waals surface area contributed by atoms with E-state index in [0.717, 1.165) is 16.2 Å². The first-order valence-corrected chi connectivity index (χ1v) is 16.2. The van der Waals surface area contributed by atoms with Crippen LogP contribution >= 0.6 is 46.3 Å². The molecule has 0 fully saturated rings. The standard InChI is InChI=1S/C34H26Cl2N4O3S2/c1-21-20-44-34(37-21)40-33(43)30(22-10-4-2-5-11-22)45-25-15-8-14-24(18-25)38-32(42)29(19-26-27(35)16-9-17-28(26)36)39-31(41)23-12-6-3-7-13-23/h2-20,30H,1H3,(H,38,42)(H,39,41)(H,37,40,43)/b29-19+. The topological polar surface area (TPSA) is 100 Å². The fourth-order valence-corrected chi connectivity index (χ4v) is 6.48. The molecule has 5 aromatic rings. The van der Waals surface area contributed by atoms with Crippen LogP contribution in [0.4, 0.5) is 10.8 Å². The number of carbonyl (C=O) groups excluding carboxylic acids is 3. The normalized spacial score (nSPS) is 11.8. The molecule has 3 N–H and O–H groups in total. The molecule has 1 atom stereocenters. The van der Waals surface area contributed by atoms with Crippen molar-refractivity contribution in [3.8, 4) is 0 Å². The number of rotatable bonds is 10. The van der Waals surface area contributed by atoms with Gasteiger partial charge in [-0.15, -0.1) is 23.1 Å². The molecule has 0 aliphatic heterocycles. The summed E-state index contributed by atoms with van der Waals surface area (Å²) in [6.07, 6.45) is 1.44. The van der Waals surface area contributed by atoms with E-state index in [0.29, 0.717) is 32.0 Å². The SMILES string of the molecule is Cc1csc(NC(=O)C(Sc2cccc(NC(=O)/C(=C\c3c(Cl)cccc3Cl)NC(=O)c3ccccc3)c2)c2ccccc2)n1. The van der Waals surface area contributed by atoms with Gasteiger partial charge in [-0.25, -0.2) is 4.98 Å². The van der Waals surface area contributed by atoms with Crippen molar-refractivity contribution in [2.45, 2.75) is 17.1 Å². The second-order valence-corrected chi connectivity index (χ2v) is 12.5. The summed E-state index contributed by atoms with van der Waals surface area (Å²) in [5, 5.41) is 10.9. The van der Waals surface area contributed by atoms with Gasteiger partial charge in [-0.3, -0.25) is 14.4 Å². The maximum Gasteiger partial charge on any atom is 0.272 e. The number of hydrogen-bond donors (Lipinski definition) is 3. The van der Waals surface area contributed by atoms with E-state index in [-0.39, 0.29) is 11.6 Å². The minimum absolute atomic E-state index is 0.0582. The van der Waals surface area contributed by atoms with E-state index in [1.165, 1.54) is 29.2 Å². The quantitative estimate of drug-likeness (QED) is 0.102. The molecule has 1 heterocycles. The number of thioether (sulfide) groups is 1. The number of anilines is 2. The highest BCUT2D eigenvalue weighted by Crippen LogP contribution is 2.37. The van der Waals surface area contributed by atoms with Gasteiger partial charge in [0.05, 0.1) is 5.69 Å². The van der Waals surface area contributed by atoms with Crippen LogP contribution in [0.25, 0.3) is 6.08 Å². The Bertz CT molecular complexity index is 1840. The molecular weight excluding hydrogens is 647 g/mol. The Labute approximate surface area is 278 Å². The van der Waals surface area contributed by atoms with Crippen molar-refractivity contribution in [3.63, 3.8) is 0 Å². The number of benzene rings is 4. The zero-order chi connectivity index (χ0) is 31.8. The first-order chi connectivity index (χ1) is 21.8. The maximum atomic E-state index is 13.6. The lowest BCUT2D eigenvalue weighted by Crippen LogP contribution is -2.30. The largest absolute Gasteiger partial charge is 0.321 e. The second kappa shape index (κ2) is 15.0. The van der Waals surface area contributed by atoms with E-state index in [1.807, 2.05) is 48.7 Å². The molecule has 3 amide bonds. The number of carbonyl (C=O) groups is 3. The van der Waals surface area contributed by atoms with Gasteiger partial charge in [0, 0.05) is 37.1 Å². The van der Waals surface area contributed by atoms with Crippen molar-refractivity contribution in [2.75, 3.05) is 10.6 Å². The summed E-state index contributed by atoms with van der Waals surface area (Å²) in [7, 11) is 0. The molecule has 0 saturated heterocycles. The lowest BCUT2D eigenvalue weighted by atomic mass is 10.1. The van der Waals surface area contributed by atoms with Gasteiger partial charge in [0.25, 0.3) is 11.8 Å². The van der Waals surface area contributed by atoms with E-state index in [4.69, 9.17) is 23.2 Å². The molecule has 11 heteroatoms. The summed E-state index contributed by atoms with van der Waals surface area (Å²) in [5.41, 5.74) is 2.80. The number of aryl methyl sites for hydroxylation is 1. The maximum absolute atomic E-state index is 13.6. The van der Waals surface area contributed by atoms with Crippen molar-refractivity contribution in [3.05, 3.63) is 147 Å². The molecule has 1 aromatic heterocycles. The molecule has 45 heavy (non-hydrogen) atoms. The molecule has 0 radical (unpaired) electrons. The summed E-state index contributed by atoms with van der Waals surface area (Å²) in [6, 6.07) is 30.1. The van der Waals surface area contributed by atoms with Crippen LogP contribution < -0.4 is 16.0 Å². The number of aromatic nitrogens is 1. The van der Waals surface area contributed by atoms with Crippen LogP contribution in [0.1, 0.15) is 32.4 Å². The molecule has 0 saturated carbocycles. The Morgan fingerprint density at radius 3 is 2.18 bits per heavy atom.